The van der Waals surface area contributed by atoms with Gasteiger partial charge in [-0.25, -0.2) is 0 Å². The second-order valence-corrected chi connectivity index (χ2v) is 7.03. The Morgan fingerprint density at radius 2 is 1.79 bits per heavy atom. The molecule has 3 rings (SSSR count). The van der Waals surface area contributed by atoms with Gasteiger partial charge in [0.05, 0.1) is 0 Å². The van der Waals surface area contributed by atoms with Gasteiger partial charge in [0.15, 0.2) is 0 Å². The minimum atomic E-state index is 0.0159. The zero-order valence-corrected chi connectivity index (χ0v) is 14.6. The lowest BCUT2D eigenvalue weighted by Gasteiger charge is -2.28. The average molecular weight is 322 g/mol. The standard InChI is InChI=1S/C21H26N2O/c1-16(2)13-22-21(24)19-9-7-17(8-10-19)14-23-12-11-18-5-3-4-6-20(18)15-23/h3-10,16H,11-15H2,1-2H3,(H,22,24). The first-order valence-electron chi connectivity index (χ1n) is 8.78. The molecule has 0 aromatic heterocycles. The van der Waals surface area contributed by atoms with Crippen LogP contribution in [0, 0.1) is 5.92 Å². The van der Waals surface area contributed by atoms with E-state index >= 15 is 0 Å². The molecule has 24 heavy (non-hydrogen) atoms. The zero-order valence-electron chi connectivity index (χ0n) is 14.6. The van der Waals surface area contributed by atoms with Crippen LogP contribution in [0.5, 0.6) is 0 Å². The van der Waals surface area contributed by atoms with Crippen LogP contribution in [-0.4, -0.2) is 23.9 Å². The van der Waals surface area contributed by atoms with Crippen molar-refractivity contribution in [1.82, 2.24) is 10.2 Å². The molecule has 1 N–H and O–H groups in total. The predicted molar refractivity (Wildman–Crippen MR) is 97.9 cm³/mol. The summed E-state index contributed by atoms with van der Waals surface area (Å²) in [5, 5.41) is 2.96. The molecule has 0 spiro atoms. The topological polar surface area (TPSA) is 32.3 Å². The largest absolute Gasteiger partial charge is 0.352 e. The van der Waals surface area contributed by atoms with Crippen LogP contribution in [-0.2, 0) is 19.5 Å². The summed E-state index contributed by atoms with van der Waals surface area (Å²) < 4.78 is 0. The van der Waals surface area contributed by atoms with E-state index in [9.17, 15) is 4.79 Å². The maximum atomic E-state index is 12.1. The number of carbonyl (C=O) groups is 1. The first-order valence-corrected chi connectivity index (χ1v) is 8.78. The van der Waals surface area contributed by atoms with E-state index in [1.807, 2.05) is 12.1 Å². The summed E-state index contributed by atoms with van der Waals surface area (Å²) >= 11 is 0. The zero-order chi connectivity index (χ0) is 16.9. The summed E-state index contributed by atoms with van der Waals surface area (Å²) in [4.78, 5) is 14.5. The molecule has 1 amide bonds. The molecule has 3 nitrogen and oxygen atoms in total. The van der Waals surface area contributed by atoms with Gasteiger partial charge in [0.1, 0.15) is 0 Å². The SMILES string of the molecule is CC(C)CNC(=O)c1ccc(CN2CCc3ccccc3C2)cc1. The van der Waals surface area contributed by atoms with Gasteiger partial charge in [-0.1, -0.05) is 50.2 Å². The Morgan fingerprint density at radius 1 is 1.08 bits per heavy atom. The number of amides is 1. The molecule has 0 fully saturated rings. The maximum Gasteiger partial charge on any atom is 0.251 e. The van der Waals surface area contributed by atoms with Crippen LogP contribution in [0.4, 0.5) is 0 Å². The Labute approximate surface area is 144 Å². The first-order chi connectivity index (χ1) is 11.6. The first kappa shape index (κ1) is 16.7. The van der Waals surface area contributed by atoms with Gasteiger partial charge in [0, 0.05) is 31.7 Å². The summed E-state index contributed by atoms with van der Waals surface area (Å²) in [5.74, 6) is 0.484. The number of benzene rings is 2. The molecule has 1 aliphatic heterocycles. The van der Waals surface area contributed by atoms with E-state index < -0.39 is 0 Å². The van der Waals surface area contributed by atoms with Crippen LogP contribution < -0.4 is 5.32 Å². The van der Waals surface area contributed by atoms with Crippen molar-refractivity contribution in [3.8, 4) is 0 Å². The fourth-order valence-corrected chi connectivity index (χ4v) is 3.11. The van der Waals surface area contributed by atoms with Crippen molar-refractivity contribution in [3.63, 3.8) is 0 Å². The molecule has 1 heterocycles. The number of fused-ring (bicyclic) bond motifs is 1. The third-order valence-corrected chi connectivity index (χ3v) is 4.50. The van der Waals surface area contributed by atoms with E-state index in [0.29, 0.717) is 12.5 Å². The summed E-state index contributed by atoms with van der Waals surface area (Å²) in [6, 6.07) is 16.7. The number of rotatable bonds is 5. The summed E-state index contributed by atoms with van der Waals surface area (Å²) in [6.07, 6.45) is 1.12. The minimum absolute atomic E-state index is 0.0159. The number of hydrogen-bond acceptors (Lipinski definition) is 2. The predicted octanol–water partition coefficient (Wildman–Crippen LogP) is 3.63. The van der Waals surface area contributed by atoms with Gasteiger partial charge in [-0.2, -0.15) is 0 Å². The summed E-state index contributed by atoms with van der Waals surface area (Å²) in [6.45, 7) is 7.94. The van der Waals surface area contributed by atoms with Crippen LogP contribution in [0.25, 0.3) is 0 Å². The molecule has 2 aromatic carbocycles. The van der Waals surface area contributed by atoms with E-state index in [2.05, 4.69) is 60.5 Å². The number of hydrogen-bond donors (Lipinski definition) is 1. The Hall–Kier alpha value is -2.13. The molecule has 3 heteroatoms. The molecule has 0 aliphatic carbocycles. The molecule has 2 aromatic rings. The molecular weight excluding hydrogens is 296 g/mol. The van der Waals surface area contributed by atoms with E-state index in [1.54, 1.807) is 0 Å². The minimum Gasteiger partial charge on any atom is -0.352 e. The Balaban J connectivity index is 1.58. The van der Waals surface area contributed by atoms with Gasteiger partial charge in [-0.3, -0.25) is 9.69 Å². The number of nitrogens with one attached hydrogen (secondary N) is 1. The molecule has 0 unspecified atom stereocenters. The van der Waals surface area contributed by atoms with Crippen molar-refractivity contribution in [2.45, 2.75) is 33.4 Å². The van der Waals surface area contributed by atoms with Gasteiger partial charge < -0.3 is 5.32 Å². The lowest BCUT2D eigenvalue weighted by Crippen LogP contribution is -2.30. The molecule has 0 radical (unpaired) electrons. The molecule has 0 atom stereocenters. The van der Waals surface area contributed by atoms with E-state index in [1.165, 1.54) is 16.7 Å². The van der Waals surface area contributed by atoms with Gasteiger partial charge in [-0.15, -0.1) is 0 Å². The van der Waals surface area contributed by atoms with E-state index in [-0.39, 0.29) is 5.91 Å². The molecule has 0 saturated heterocycles. The van der Waals surface area contributed by atoms with Crippen molar-refractivity contribution >= 4 is 5.91 Å². The van der Waals surface area contributed by atoms with Gasteiger partial charge in [-0.05, 0) is 41.2 Å². The van der Waals surface area contributed by atoms with Gasteiger partial charge in [0.2, 0.25) is 0 Å². The highest BCUT2D eigenvalue weighted by atomic mass is 16.1. The van der Waals surface area contributed by atoms with Crippen molar-refractivity contribution in [1.29, 1.82) is 0 Å². The molecule has 1 aliphatic rings. The molecule has 0 saturated carbocycles. The lowest BCUT2D eigenvalue weighted by atomic mass is 9.99. The highest BCUT2D eigenvalue weighted by molar-refractivity contribution is 5.94. The van der Waals surface area contributed by atoms with Crippen molar-refractivity contribution in [2.24, 2.45) is 5.92 Å². The third-order valence-electron chi connectivity index (χ3n) is 4.50. The highest BCUT2D eigenvalue weighted by Gasteiger charge is 2.15. The second kappa shape index (κ2) is 7.63. The Morgan fingerprint density at radius 3 is 2.50 bits per heavy atom. The fourth-order valence-electron chi connectivity index (χ4n) is 3.11. The quantitative estimate of drug-likeness (QED) is 0.911. The fraction of sp³-hybridized carbons (Fsp3) is 0.381. The average Bonchev–Trinajstić information content (AvgIpc) is 2.60. The summed E-state index contributed by atoms with van der Waals surface area (Å²) in [5.41, 5.74) is 4.91. The maximum absolute atomic E-state index is 12.1. The van der Waals surface area contributed by atoms with Crippen molar-refractivity contribution < 1.29 is 4.79 Å². The number of nitrogens with zero attached hydrogens (tertiary/aromatic N) is 1. The number of carbonyl (C=O) groups excluding carboxylic acids is 1. The van der Waals surface area contributed by atoms with Crippen molar-refractivity contribution in [2.75, 3.05) is 13.1 Å². The second-order valence-electron chi connectivity index (χ2n) is 7.03. The van der Waals surface area contributed by atoms with Crippen LogP contribution in [0.3, 0.4) is 0 Å². The molecular formula is C21H26N2O. The van der Waals surface area contributed by atoms with Gasteiger partial charge >= 0.3 is 0 Å². The van der Waals surface area contributed by atoms with Crippen molar-refractivity contribution in [3.05, 3.63) is 70.8 Å². The van der Waals surface area contributed by atoms with Crippen LogP contribution >= 0.6 is 0 Å². The Kier molecular flexibility index (Phi) is 5.31. The monoisotopic (exact) mass is 322 g/mol. The van der Waals surface area contributed by atoms with E-state index in [0.717, 1.165) is 31.6 Å². The lowest BCUT2D eigenvalue weighted by molar-refractivity contribution is 0.0949. The third kappa shape index (κ3) is 4.24. The smallest absolute Gasteiger partial charge is 0.251 e. The molecule has 0 bridgehead atoms. The summed E-state index contributed by atoms with van der Waals surface area (Å²) in [7, 11) is 0. The van der Waals surface area contributed by atoms with Crippen LogP contribution in [0.15, 0.2) is 48.5 Å². The molecule has 126 valence electrons. The normalized spacial score (nSPS) is 14.5. The Bertz CT molecular complexity index is 691. The van der Waals surface area contributed by atoms with E-state index in [4.69, 9.17) is 0 Å². The van der Waals surface area contributed by atoms with Crippen LogP contribution in [0.1, 0.15) is 40.9 Å². The van der Waals surface area contributed by atoms with Crippen LogP contribution in [0.2, 0.25) is 0 Å². The highest BCUT2D eigenvalue weighted by Crippen LogP contribution is 2.20. The van der Waals surface area contributed by atoms with Gasteiger partial charge in [0.25, 0.3) is 5.91 Å².